The molecule has 3 nitrogen and oxygen atoms in total. The maximum atomic E-state index is 4.34. The predicted molar refractivity (Wildman–Crippen MR) is 85.9 cm³/mol. The Morgan fingerprint density at radius 2 is 1.90 bits per heavy atom. The lowest BCUT2D eigenvalue weighted by atomic mass is 10.3. The standard InChI is InChI=1S/C15H13N3S2/c1-12-11-20-15(17-16-10-14-8-5-9-19-14)18(12)13-6-3-2-4-7-13/h2-11H,1H3/b16-10+,17-15-. The number of nitrogens with zero attached hydrogens (tertiary/aromatic N) is 3. The molecule has 0 aliphatic heterocycles. The van der Waals surface area contributed by atoms with Crippen molar-refractivity contribution in [1.29, 1.82) is 0 Å². The first-order valence-electron chi connectivity index (χ1n) is 6.18. The summed E-state index contributed by atoms with van der Waals surface area (Å²) in [6, 6.07) is 14.2. The number of thiophene rings is 1. The molecule has 0 N–H and O–H groups in total. The Balaban J connectivity index is 1.99. The van der Waals surface area contributed by atoms with Crippen molar-refractivity contribution in [2.45, 2.75) is 6.92 Å². The van der Waals surface area contributed by atoms with Crippen molar-refractivity contribution < 1.29 is 0 Å². The molecule has 2 aromatic heterocycles. The molecular formula is C15H13N3S2. The number of aryl methyl sites for hydroxylation is 1. The molecule has 0 bridgehead atoms. The largest absolute Gasteiger partial charge is 0.288 e. The zero-order chi connectivity index (χ0) is 13.8. The Labute approximate surface area is 125 Å². The minimum Gasteiger partial charge on any atom is -0.288 e. The van der Waals surface area contributed by atoms with Gasteiger partial charge in [-0.2, -0.15) is 5.10 Å². The van der Waals surface area contributed by atoms with Crippen LogP contribution in [0, 0.1) is 6.92 Å². The van der Waals surface area contributed by atoms with Crippen LogP contribution in [0.15, 0.2) is 63.4 Å². The Hall–Kier alpha value is -1.98. The van der Waals surface area contributed by atoms with E-state index in [1.165, 1.54) is 0 Å². The quantitative estimate of drug-likeness (QED) is 0.519. The van der Waals surface area contributed by atoms with E-state index in [1.54, 1.807) is 28.9 Å². The molecule has 0 aliphatic carbocycles. The Morgan fingerprint density at radius 3 is 2.65 bits per heavy atom. The number of hydrogen-bond donors (Lipinski definition) is 0. The van der Waals surface area contributed by atoms with Crippen molar-refractivity contribution in [3.05, 3.63) is 68.6 Å². The number of hydrogen-bond acceptors (Lipinski definition) is 4. The maximum Gasteiger partial charge on any atom is 0.215 e. The first-order chi connectivity index (χ1) is 9.84. The van der Waals surface area contributed by atoms with Crippen LogP contribution in [0.5, 0.6) is 0 Å². The van der Waals surface area contributed by atoms with E-state index >= 15 is 0 Å². The molecule has 3 rings (SSSR count). The molecule has 0 unspecified atom stereocenters. The molecule has 0 spiro atoms. The molecule has 100 valence electrons. The van der Waals surface area contributed by atoms with Crippen LogP contribution in [0.4, 0.5) is 0 Å². The van der Waals surface area contributed by atoms with Crippen molar-refractivity contribution in [3.8, 4) is 5.69 Å². The van der Waals surface area contributed by atoms with Crippen molar-refractivity contribution >= 4 is 28.9 Å². The van der Waals surface area contributed by atoms with Crippen LogP contribution in [-0.2, 0) is 0 Å². The molecule has 5 heteroatoms. The van der Waals surface area contributed by atoms with Crippen LogP contribution in [0.3, 0.4) is 0 Å². The van der Waals surface area contributed by atoms with Gasteiger partial charge in [0.25, 0.3) is 0 Å². The van der Waals surface area contributed by atoms with Crippen molar-refractivity contribution in [3.63, 3.8) is 0 Å². The molecular weight excluding hydrogens is 286 g/mol. The van der Waals surface area contributed by atoms with Gasteiger partial charge in [-0.25, -0.2) is 0 Å². The van der Waals surface area contributed by atoms with E-state index in [0.29, 0.717) is 0 Å². The lowest BCUT2D eigenvalue weighted by molar-refractivity contribution is 0.927. The molecule has 1 aromatic carbocycles. The van der Waals surface area contributed by atoms with E-state index in [1.807, 2.05) is 35.7 Å². The number of thiazole rings is 1. The molecule has 2 heterocycles. The highest BCUT2D eigenvalue weighted by atomic mass is 32.1. The summed E-state index contributed by atoms with van der Waals surface area (Å²) in [5, 5.41) is 12.6. The van der Waals surface area contributed by atoms with Gasteiger partial charge in [-0.1, -0.05) is 24.3 Å². The lowest BCUT2D eigenvalue weighted by Gasteiger charge is -2.04. The van der Waals surface area contributed by atoms with Crippen LogP contribution >= 0.6 is 22.7 Å². The summed E-state index contributed by atoms with van der Waals surface area (Å²) in [7, 11) is 0. The predicted octanol–water partition coefficient (Wildman–Crippen LogP) is 3.84. The van der Waals surface area contributed by atoms with E-state index in [-0.39, 0.29) is 0 Å². The zero-order valence-electron chi connectivity index (χ0n) is 10.9. The zero-order valence-corrected chi connectivity index (χ0v) is 12.6. The second-order valence-corrected chi connectivity index (χ2v) is 6.01. The number of rotatable bonds is 3. The lowest BCUT2D eigenvalue weighted by Crippen LogP contribution is -2.13. The van der Waals surface area contributed by atoms with Gasteiger partial charge >= 0.3 is 0 Å². The molecule has 0 radical (unpaired) electrons. The normalized spacial score (nSPS) is 12.3. The van der Waals surface area contributed by atoms with Crippen LogP contribution in [-0.4, -0.2) is 10.8 Å². The highest BCUT2D eigenvalue weighted by molar-refractivity contribution is 7.11. The van der Waals surface area contributed by atoms with E-state index in [2.05, 4.69) is 39.2 Å². The molecule has 20 heavy (non-hydrogen) atoms. The third-order valence-electron chi connectivity index (χ3n) is 2.76. The van der Waals surface area contributed by atoms with Gasteiger partial charge in [0, 0.05) is 21.6 Å². The summed E-state index contributed by atoms with van der Waals surface area (Å²) in [5.74, 6) is 0. The van der Waals surface area contributed by atoms with E-state index in [9.17, 15) is 0 Å². The van der Waals surface area contributed by atoms with Gasteiger partial charge < -0.3 is 0 Å². The third kappa shape index (κ3) is 2.79. The average molecular weight is 299 g/mol. The van der Waals surface area contributed by atoms with Crippen molar-refractivity contribution in [2.24, 2.45) is 10.2 Å². The van der Waals surface area contributed by atoms with E-state index in [0.717, 1.165) is 21.1 Å². The molecule has 0 aliphatic rings. The van der Waals surface area contributed by atoms with Gasteiger partial charge in [0.1, 0.15) is 0 Å². The second-order valence-electron chi connectivity index (χ2n) is 4.19. The monoisotopic (exact) mass is 299 g/mol. The summed E-state index contributed by atoms with van der Waals surface area (Å²) in [6.45, 7) is 2.07. The van der Waals surface area contributed by atoms with E-state index in [4.69, 9.17) is 0 Å². The second kappa shape index (κ2) is 5.98. The first kappa shape index (κ1) is 13.0. The summed E-state index contributed by atoms with van der Waals surface area (Å²) in [5.41, 5.74) is 2.27. The van der Waals surface area contributed by atoms with Gasteiger partial charge in [0.15, 0.2) is 0 Å². The molecule has 0 fully saturated rings. The topological polar surface area (TPSA) is 29.6 Å². The Bertz CT molecular complexity index is 765. The summed E-state index contributed by atoms with van der Waals surface area (Å²) in [4.78, 5) is 1.98. The first-order valence-corrected chi connectivity index (χ1v) is 7.93. The maximum absolute atomic E-state index is 4.34. The minimum atomic E-state index is 0.876. The van der Waals surface area contributed by atoms with Crippen LogP contribution in [0.2, 0.25) is 0 Å². The van der Waals surface area contributed by atoms with Crippen molar-refractivity contribution in [2.75, 3.05) is 0 Å². The van der Waals surface area contributed by atoms with Gasteiger partial charge in [-0.05, 0) is 30.5 Å². The van der Waals surface area contributed by atoms with E-state index < -0.39 is 0 Å². The summed E-state index contributed by atoms with van der Waals surface area (Å²) >= 11 is 3.25. The number of benzene rings is 1. The molecule has 0 atom stereocenters. The molecule has 0 saturated heterocycles. The Morgan fingerprint density at radius 1 is 1.05 bits per heavy atom. The SMILES string of the molecule is Cc1cs/c(=N\N=C\c2cccs2)n1-c1ccccc1. The van der Waals surface area contributed by atoms with Crippen LogP contribution in [0.25, 0.3) is 5.69 Å². The fraction of sp³-hybridized carbons (Fsp3) is 0.0667. The molecule has 0 amide bonds. The summed E-state index contributed by atoms with van der Waals surface area (Å²) in [6.07, 6.45) is 1.79. The number of para-hydroxylation sites is 1. The van der Waals surface area contributed by atoms with Crippen LogP contribution < -0.4 is 4.80 Å². The number of aromatic nitrogens is 1. The summed E-state index contributed by atoms with van der Waals surface area (Å²) < 4.78 is 2.11. The third-order valence-corrected chi connectivity index (χ3v) is 4.51. The van der Waals surface area contributed by atoms with Gasteiger partial charge in [0.2, 0.25) is 4.80 Å². The smallest absolute Gasteiger partial charge is 0.215 e. The fourth-order valence-electron chi connectivity index (χ4n) is 1.85. The van der Waals surface area contributed by atoms with Crippen molar-refractivity contribution in [1.82, 2.24) is 4.57 Å². The minimum absolute atomic E-state index is 0.876. The highest BCUT2D eigenvalue weighted by Crippen LogP contribution is 2.10. The molecule has 3 aromatic rings. The van der Waals surface area contributed by atoms with Crippen LogP contribution in [0.1, 0.15) is 10.6 Å². The van der Waals surface area contributed by atoms with Gasteiger partial charge in [-0.3, -0.25) is 4.57 Å². The highest BCUT2D eigenvalue weighted by Gasteiger charge is 2.02. The van der Waals surface area contributed by atoms with Gasteiger partial charge in [-0.15, -0.1) is 27.8 Å². The fourth-order valence-corrected chi connectivity index (χ4v) is 3.26. The average Bonchev–Trinajstić information content (AvgIpc) is 3.10. The Kier molecular flexibility index (Phi) is 3.90. The van der Waals surface area contributed by atoms with Gasteiger partial charge in [0.05, 0.1) is 6.21 Å². The molecule has 0 saturated carbocycles.